The lowest BCUT2D eigenvalue weighted by molar-refractivity contribution is -0.112. The van der Waals surface area contributed by atoms with Crippen molar-refractivity contribution in [3.8, 4) is 5.75 Å². The summed E-state index contributed by atoms with van der Waals surface area (Å²) in [6.07, 6.45) is 0. The average molecular weight is 309 g/mol. The molecule has 2 aromatic rings. The van der Waals surface area contributed by atoms with E-state index in [2.05, 4.69) is 15.6 Å². The number of para-hydroxylation sites is 1. The van der Waals surface area contributed by atoms with E-state index in [0.717, 1.165) is 0 Å². The Labute approximate surface area is 132 Å². The van der Waals surface area contributed by atoms with Gasteiger partial charge in [-0.15, -0.1) is 0 Å². The number of hydrazone groups is 2. The number of nitrogens with two attached hydrogens (primary N) is 1. The molecule has 0 aromatic heterocycles. The predicted molar refractivity (Wildman–Crippen MR) is 90.6 cm³/mol. The van der Waals surface area contributed by atoms with Crippen LogP contribution in [0.2, 0.25) is 0 Å². The Balaban J connectivity index is 1.82. The number of nitrogens with one attached hydrogen (secondary N) is 1. The number of aromatic hydroxyl groups is 1. The monoisotopic (exact) mass is 309 g/mol. The van der Waals surface area contributed by atoms with Crippen LogP contribution < -0.4 is 16.2 Å². The van der Waals surface area contributed by atoms with Gasteiger partial charge in [-0.2, -0.15) is 15.2 Å². The molecule has 1 aliphatic heterocycles. The molecule has 3 rings (SSSR count). The topological polar surface area (TPSA) is 103 Å². The van der Waals surface area contributed by atoms with Crippen molar-refractivity contribution in [3.05, 3.63) is 48.5 Å². The van der Waals surface area contributed by atoms with Gasteiger partial charge in [0.25, 0.3) is 0 Å². The highest BCUT2D eigenvalue weighted by Crippen LogP contribution is 2.24. The second-order valence-electron chi connectivity index (χ2n) is 4.98. The van der Waals surface area contributed by atoms with Crippen molar-refractivity contribution in [2.45, 2.75) is 6.92 Å². The molecule has 0 radical (unpaired) electrons. The van der Waals surface area contributed by atoms with Crippen LogP contribution in [0.5, 0.6) is 5.75 Å². The summed E-state index contributed by atoms with van der Waals surface area (Å²) in [4.78, 5) is 12.4. The third-order valence-electron chi connectivity index (χ3n) is 3.31. The molecule has 1 amide bonds. The average Bonchev–Trinajstić information content (AvgIpc) is 2.84. The Hall–Kier alpha value is -3.35. The minimum atomic E-state index is -0.312. The molecule has 4 N–H and O–H groups in total. The van der Waals surface area contributed by atoms with Crippen molar-refractivity contribution in [3.63, 3.8) is 0 Å². The molecule has 0 bridgehead atoms. The van der Waals surface area contributed by atoms with Crippen molar-refractivity contribution >= 4 is 34.4 Å². The summed E-state index contributed by atoms with van der Waals surface area (Å²) >= 11 is 0. The summed E-state index contributed by atoms with van der Waals surface area (Å²) in [6, 6.07) is 13.7. The van der Waals surface area contributed by atoms with Crippen LogP contribution in [0.1, 0.15) is 6.92 Å². The number of hydrogen-bond acceptors (Lipinski definition) is 6. The fourth-order valence-corrected chi connectivity index (χ4v) is 2.12. The summed E-state index contributed by atoms with van der Waals surface area (Å²) in [5.74, 6) is -0.318. The molecule has 116 valence electrons. The van der Waals surface area contributed by atoms with E-state index in [1.165, 1.54) is 17.1 Å². The molecule has 0 saturated carbocycles. The van der Waals surface area contributed by atoms with Crippen LogP contribution in [-0.2, 0) is 4.79 Å². The molecule has 2 aromatic carbocycles. The van der Waals surface area contributed by atoms with Gasteiger partial charge in [-0.1, -0.05) is 18.2 Å². The lowest BCUT2D eigenvalue weighted by Gasteiger charge is -2.10. The third-order valence-corrected chi connectivity index (χ3v) is 3.31. The smallest absolute Gasteiger partial charge is 0.301 e. The van der Waals surface area contributed by atoms with Crippen LogP contribution in [0.3, 0.4) is 0 Å². The quantitative estimate of drug-likeness (QED) is 0.350. The Morgan fingerprint density at radius 1 is 1.22 bits per heavy atom. The second kappa shape index (κ2) is 5.80. The number of rotatable bonds is 3. The van der Waals surface area contributed by atoms with Crippen LogP contribution in [0.4, 0.5) is 17.1 Å². The zero-order valence-electron chi connectivity index (χ0n) is 12.4. The Morgan fingerprint density at radius 2 is 1.96 bits per heavy atom. The van der Waals surface area contributed by atoms with Crippen molar-refractivity contribution in [2.24, 2.45) is 10.2 Å². The van der Waals surface area contributed by atoms with Crippen molar-refractivity contribution in [2.75, 3.05) is 16.2 Å². The summed E-state index contributed by atoms with van der Waals surface area (Å²) in [6.45, 7) is 1.71. The van der Waals surface area contributed by atoms with Crippen molar-refractivity contribution < 1.29 is 9.90 Å². The highest BCUT2D eigenvalue weighted by molar-refractivity contribution is 6.71. The van der Waals surface area contributed by atoms with E-state index in [0.29, 0.717) is 17.1 Å². The second-order valence-corrected chi connectivity index (χ2v) is 4.98. The molecule has 7 heteroatoms. The number of benzene rings is 2. The standard InChI is InChI=1S/C16H15N5O2/c1-10-15(19-18-11-7-8-14(22)13(17)9-11)16(23)21(20-10)12-5-3-2-4-6-12/h2-9,18,22H,17H2,1H3/b19-15+. The SMILES string of the molecule is CC1=NN(c2ccccc2)C(=O)/C1=N/Nc1ccc(O)c(N)c1. The largest absolute Gasteiger partial charge is 0.506 e. The zero-order valence-corrected chi connectivity index (χ0v) is 12.4. The highest BCUT2D eigenvalue weighted by atomic mass is 16.3. The van der Waals surface area contributed by atoms with Gasteiger partial charge >= 0.3 is 5.91 Å². The van der Waals surface area contributed by atoms with E-state index in [9.17, 15) is 9.90 Å². The van der Waals surface area contributed by atoms with Gasteiger partial charge in [-0.3, -0.25) is 10.2 Å². The Kier molecular flexibility index (Phi) is 3.68. The lowest BCUT2D eigenvalue weighted by Crippen LogP contribution is -2.27. The first kappa shape index (κ1) is 14.6. The first-order valence-electron chi connectivity index (χ1n) is 6.93. The third kappa shape index (κ3) is 2.84. The number of amides is 1. The van der Waals surface area contributed by atoms with Gasteiger partial charge in [-0.25, -0.2) is 0 Å². The van der Waals surface area contributed by atoms with Crippen LogP contribution in [0.25, 0.3) is 0 Å². The highest BCUT2D eigenvalue weighted by Gasteiger charge is 2.30. The van der Waals surface area contributed by atoms with Gasteiger partial charge < -0.3 is 10.8 Å². The molecule has 0 unspecified atom stereocenters. The number of hydrogen-bond donors (Lipinski definition) is 3. The minimum Gasteiger partial charge on any atom is -0.506 e. The molecule has 0 saturated heterocycles. The van der Waals surface area contributed by atoms with E-state index in [-0.39, 0.29) is 23.1 Å². The molecule has 23 heavy (non-hydrogen) atoms. The van der Waals surface area contributed by atoms with Crippen LogP contribution in [0.15, 0.2) is 58.7 Å². The van der Waals surface area contributed by atoms with Crippen molar-refractivity contribution in [1.82, 2.24) is 0 Å². The van der Waals surface area contributed by atoms with E-state index in [4.69, 9.17) is 5.73 Å². The van der Waals surface area contributed by atoms with E-state index < -0.39 is 0 Å². The number of nitrogens with zero attached hydrogens (tertiary/aromatic N) is 3. The van der Waals surface area contributed by atoms with Gasteiger partial charge in [0.2, 0.25) is 0 Å². The summed E-state index contributed by atoms with van der Waals surface area (Å²) in [5, 5.41) is 19.0. The van der Waals surface area contributed by atoms with Gasteiger partial charge in [-0.05, 0) is 37.3 Å². The van der Waals surface area contributed by atoms with E-state index in [1.807, 2.05) is 18.2 Å². The first-order chi connectivity index (χ1) is 11.1. The van der Waals surface area contributed by atoms with Gasteiger partial charge in [0.15, 0.2) is 5.71 Å². The molecule has 0 atom stereocenters. The Morgan fingerprint density at radius 3 is 2.65 bits per heavy atom. The van der Waals surface area contributed by atoms with Crippen LogP contribution >= 0.6 is 0 Å². The fourth-order valence-electron chi connectivity index (χ4n) is 2.12. The maximum Gasteiger partial charge on any atom is 0.301 e. The molecule has 0 aliphatic carbocycles. The number of phenolic OH excluding ortho intramolecular Hbond substituents is 1. The summed E-state index contributed by atoms with van der Waals surface area (Å²) in [5.41, 5.74) is 10.6. The number of anilines is 3. The molecule has 0 fully saturated rings. The van der Waals surface area contributed by atoms with Gasteiger partial charge in [0, 0.05) is 0 Å². The summed E-state index contributed by atoms with van der Waals surface area (Å²) in [7, 11) is 0. The molecule has 1 aliphatic rings. The number of carbonyl (C=O) groups is 1. The Bertz CT molecular complexity index is 814. The molecule has 7 nitrogen and oxygen atoms in total. The summed E-state index contributed by atoms with van der Waals surface area (Å²) < 4.78 is 0. The van der Waals surface area contributed by atoms with Crippen molar-refractivity contribution in [1.29, 1.82) is 0 Å². The minimum absolute atomic E-state index is 0.00635. The number of nitrogen functional groups attached to an aromatic ring is 1. The van der Waals surface area contributed by atoms with Crippen LogP contribution in [-0.4, -0.2) is 22.4 Å². The molecule has 0 spiro atoms. The van der Waals surface area contributed by atoms with Gasteiger partial charge in [0.05, 0.1) is 22.8 Å². The number of carbonyl (C=O) groups excluding carboxylic acids is 1. The molecule has 1 heterocycles. The van der Waals surface area contributed by atoms with Gasteiger partial charge in [0.1, 0.15) is 5.75 Å². The maximum absolute atomic E-state index is 12.4. The number of phenols is 1. The fraction of sp³-hybridized carbons (Fsp3) is 0.0625. The van der Waals surface area contributed by atoms with Crippen LogP contribution in [0, 0.1) is 0 Å². The zero-order chi connectivity index (χ0) is 16.4. The first-order valence-corrected chi connectivity index (χ1v) is 6.93. The lowest BCUT2D eigenvalue weighted by atomic mass is 10.2. The van der Waals surface area contributed by atoms with E-state index >= 15 is 0 Å². The molecular weight excluding hydrogens is 294 g/mol. The van der Waals surface area contributed by atoms with E-state index in [1.54, 1.807) is 25.1 Å². The maximum atomic E-state index is 12.4. The normalized spacial score (nSPS) is 15.9. The molecular formula is C16H15N5O2. The predicted octanol–water partition coefficient (Wildman–Crippen LogP) is 2.17.